The highest BCUT2D eigenvalue weighted by atomic mass is 16.7. The number of hydrogen-bond acceptors (Lipinski definition) is 14. The lowest BCUT2D eigenvalue weighted by molar-refractivity contribution is -0.353. The van der Waals surface area contributed by atoms with Gasteiger partial charge in [0, 0.05) is 20.0 Å². The van der Waals surface area contributed by atoms with E-state index in [0.29, 0.717) is 37.5 Å². The molecule has 0 amide bonds. The number of carbonyl (C=O) groups excluding carboxylic acids is 2. The summed E-state index contributed by atoms with van der Waals surface area (Å²) in [6.45, 7) is 9.19. The van der Waals surface area contributed by atoms with Crippen molar-refractivity contribution in [1.82, 2.24) is 0 Å². The molecule has 3 saturated carbocycles. The van der Waals surface area contributed by atoms with Gasteiger partial charge in [0.25, 0.3) is 0 Å². The van der Waals surface area contributed by atoms with E-state index in [2.05, 4.69) is 20.8 Å². The van der Waals surface area contributed by atoms with Crippen LogP contribution in [0.2, 0.25) is 0 Å². The highest BCUT2D eigenvalue weighted by Crippen LogP contribution is 2.68. The van der Waals surface area contributed by atoms with E-state index in [9.17, 15) is 45.3 Å². The van der Waals surface area contributed by atoms with Crippen LogP contribution >= 0.6 is 0 Å². The molecule has 6 aliphatic rings. The summed E-state index contributed by atoms with van der Waals surface area (Å²) in [4.78, 5) is 23.8. The van der Waals surface area contributed by atoms with Crippen molar-refractivity contribution in [3.63, 3.8) is 0 Å². The lowest BCUT2D eigenvalue weighted by Gasteiger charge is -2.58. The SMILES string of the molecule is CC(=O)OC[C@H]1O[C@@H](O[C@@H]2[C@@H](O)[C@H](O[C@H]3C[C@H]4[C@@H]5CCC6=CC(=O)CC[C@]6(C)[C@H]5CC[C@]4(C)[C@H]3[C@H](C)[C@@H](O)CC[C@H](C)CO)OC[C@H]2O)[C@H](O)[C@@H](O)[C@@H]1O. The molecule has 0 spiro atoms. The third-order valence-electron chi connectivity index (χ3n) is 14.6. The number of allylic oxidation sites excluding steroid dienone is 1. The lowest BCUT2D eigenvalue weighted by Crippen LogP contribution is -2.63. The van der Waals surface area contributed by atoms with Gasteiger partial charge in [0.2, 0.25) is 0 Å². The van der Waals surface area contributed by atoms with Gasteiger partial charge in [-0.1, -0.05) is 33.3 Å². The molecule has 7 N–H and O–H groups in total. The zero-order valence-corrected chi connectivity index (χ0v) is 32.4. The Balaban J connectivity index is 1.23. The summed E-state index contributed by atoms with van der Waals surface area (Å²) >= 11 is 0. The fourth-order valence-corrected chi connectivity index (χ4v) is 11.5. The number of aliphatic hydroxyl groups is 7. The van der Waals surface area contributed by atoms with E-state index in [1.807, 2.05) is 13.0 Å². The minimum Gasteiger partial charge on any atom is -0.463 e. The Labute approximate surface area is 318 Å². The van der Waals surface area contributed by atoms with Gasteiger partial charge < -0.3 is 59.4 Å². The van der Waals surface area contributed by atoms with Crippen LogP contribution < -0.4 is 0 Å². The minimum atomic E-state index is -1.75. The molecule has 6 rings (SSSR count). The first-order valence-electron chi connectivity index (χ1n) is 20.1. The molecule has 0 aromatic carbocycles. The molecule has 14 nitrogen and oxygen atoms in total. The van der Waals surface area contributed by atoms with Gasteiger partial charge >= 0.3 is 5.97 Å². The van der Waals surface area contributed by atoms with Crippen molar-refractivity contribution in [2.75, 3.05) is 19.8 Å². The van der Waals surface area contributed by atoms with Crippen LogP contribution in [0.4, 0.5) is 0 Å². The van der Waals surface area contributed by atoms with Gasteiger partial charge in [-0.05, 0) is 104 Å². The minimum absolute atomic E-state index is 0.0336. The maximum Gasteiger partial charge on any atom is 0.302 e. The lowest BCUT2D eigenvalue weighted by atomic mass is 9.46. The number of carbonyl (C=O) groups is 2. The zero-order valence-electron chi connectivity index (χ0n) is 32.4. The van der Waals surface area contributed by atoms with Crippen molar-refractivity contribution in [3.05, 3.63) is 11.6 Å². The number of aliphatic hydroxyl groups excluding tert-OH is 7. The fraction of sp³-hybridized carbons (Fsp3) is 0.900. The largest absolute Gasteiger partial charge is 0.463 e. The number of hydrogen-bond donors (Lipinski definition) is 7. The monoisotopic (exact) mass is 768 g/mol. The van der Waals surface area contributed by atoms with Crippen molar-refractivity contribution < 1.29 is 69.0 Å². The summed E-state index contributed by atoms with van der Waals surface area (Å²) in [7, 11) is 0. The second kappa shape index (κ2) is 16.7. The van der Waals surface area contributed by atoms with Gasteiger partial charge in [0.1, 0.15) is 49.3 Å². The first-order valence-corrected chi connectivity index (χ1v) is 20.1. The summed E-state index contributed by atoms with van der Waals surface area (Å²) in [5.74, 6) is 0.364. The molecule has 5 fully saturated rings. The Morgan fingerprint density at radius 1 is 0.944 bits per heavy atom. The summed E-state index contributed by atoms with van der Waals surface area (Å²) in [6, 6.07) is 0. The number of rotatable bonds is 12. The van der Waals surface area contributed by atoms with E-state index < -0.39 is 80.1 Å². The van der Waals surface area contributed by atoms with Gasteiger partial charge in [-0.25, -0.2) is 0 Å². The molecule has 2 heterocycles. The molecule has 0 unspecified atom stereocenters. The predicted octanol–water partition coefficient (Wildman–Crippen LogP) is 1.37. The van der Waals surface area contributed by atoms with Crippen LogP contribution in [0, 0.1) is 46.3 Å². The smallest absolute Gasteiger partial charge is 0.302 e. The number of fused-ring (bicyclic) bond motifs is 5. The normalized spacial score (nSPS) is 46.7. The van der Waals surface area contributed by atoms with E-state index in [-0.39, 0.29) is 53.5 Å². The molecule has 308 valence electrons. The average molecular weight is 769 g/mol. The maximum absolute atomic E-state index is 12.4. The van der Waals surface area contributed by atoms with Crippen LogP contribution in [0.3, 0.4) is 0 Å². The maximum atomic E-state index is 12.4. The molecule has 19 atom stereocenters. The quantitative estimate of drug-likeness (QED) is 0.140. The highest BCUT2D eigenvalue weighted by Gasteiger charge is 2.63. The molecule has 0 aromatic heterocycles. The first-order chi connectivity index (χ1) is 25.5. The zero-order chi connectivity index (χ0) is 39.3. The second-order valence-electron chi connectivity index (χ2n) is 17.9. The van der Waals surface area contributed by atoms with E-state index in [0.717, 1.165) is 32.1 Å². The number of ether oxygens (including phenoxy) is 5. The van der Waals surface area contributed by atoms with Crippen molar-refractivity contribution in [1.29, 1.82) is 0 Å². The third kappa shape index (κ3) is 7.96. The summed E-state index contributed by atoms with van der Waals surface area (Å²) in [5.41, 5.74) is 1.04. The van der Waals surface area contributed by atoms with Gasteiger partial charge in [0.15, 0.2) is 18.4 Å². The van der Waals surface area contributed by atoms with Crippen LogP contribution in [0.5, 0.6) is 0 Å². The highest BCUT2D eigenvalue weighted by molar-refractivity contribution is 5.91. The molecule has 14 heteroatoms. The van der Waals surface area contributed by atoms with Gasteiger partial charge in [0.05, 0.1) is 18.8 Å². The Morgan fingerprint density at radius 2 is 1.69 bits per heavy atom. The molecule has 54 heavy (non-hydrogen) atoms. The van der Waals surface area contributed by atoms with Crippen LogP contribution in [-0.4, -0.2) is 135 Å². The van der Waals surface area contributed by atoms with E-state index in [4.69, 9.17) is 23.7 Å². The van der Waals surface area contributed by atoms with E-state index in [1.54, 1.807) is 0 Å². The molecule has 2 aliphatic heterocycles. The third-order valence-corrected chi connectivity index (χ3v) is 14.6. The molecular weight excluding hydrogens is 704 g/mol. The van der Waals surface area contributed by atoms with Crippen LogP contribution in [0.25, 0.3) is 0 Å². The van der Waals surface area contributed by atoms with Crippen LogP contribution in [0.1, 0.15) is 92.4 Å². The Bertz CT molecular complexity index is 1360. The number of esters is 1. The van der Waals surface area contributed by atoms with Crippen LogP contribution in [-0.2, 0) is 33.3 Å². The Morgan fingerprint density at radius 3 is 2.39 bits per heavy atom. The molecular formula is C40H64O14. The summed E-state index contributed by atoms with van der Waals surface area (Å²) in [6.07, 6.45) is -5.63. The van der Waals surface area contributed by atoms with Crippen LogP contribution in [0.15, 0.2) is 11.6 Å². The van der Waals surface area contributed by atoms with E-state index >= 15 is 0 Å². The predicted molar refractivity (Wildman–Crippen MR) is 191 cm³/mol. The van der Waals surface area contributed by atoms with Gasteiger partial charge in [-0.3, -0.25) is 9.59 Å². The molecule has 4 aliphatic carbocycles. The van der Waals surface area contributed by atoms with Gasteiger partial charge in [-0.15, -0.1) is 0 Å². The van der Waals surface area contributed by atoms with Crippen molar-refractivity contribution >= 4 is 11.8 Å². The van der Waals surface area contributed by atoms with Crippen molar-refractivity contribution in [2.24, 2.45) is 46.3 Å². The molecule has 0 aromatic rings. The van der Waals surface area contributed by atoms with E-state index in [1.165, 1.54) is 12.5 Å². The Kier molecular flexibility index (Phi) is 13.0. The van der Waals surface area contributed by atoms with Crippen molar-refractivity contribution in [3.8, 4) is 0 Å². The standard InChI is InChI=1S/C40H64O14/c1-19(16-41)6-9-27(44)20(2)31-29(15-26-24-8-7-22-14-23(43)10-12-39(22,4)25(24)11-13-40(26,31)5)52-37-35(49)36(28(45)17-51-37)54-38-34(48)33(47)32(46)30(53-38)18-50-21(3)42/h14,19-20,24-38,41,44-49H,6-13,15-18H2,1-5H3/t19-,20+,24+,25-,26-,27-,28+,29-,30+,31-,32+,33-,34+,35+,36-,37-,38-,39-,40-/m0/s1. The molecule has 0 bridgehead atoms. The molecule has 2 saturated heterocycles. The first kappa shape index (κ1) is 42.1. The topological polar surface area (TPSA) is 222 Å². The molecule has 0 radical (unpaired) electrons. The van der Waals surface area contributed by atoms with Gasteiger partial charge in [-0.2, -0.15) is 0 Å². The Hall–Kier alpha value is -1.56. The second-order valence-corrected chi connectivity index (χ2v) is 17.9. The fourth-order valence-electron chi connectivity index (χ4n) is 11.5. The summed E-state index contributed by atoms with van der Waals surface area (Å²) < 4.78 is 29.2. The number of ketones is 1. The van der Waals surface area contributed by atoms with Crippen molar-refractivity contribution in [2.45, 2.75) is 160 Å². The average Bonchev–Trinajstić information content (AvgIpc) is 3.44. The summed E-state index contributed by atoms with van der Waals surface area (Å²) in [5, 5.41) is 75.6.